The van der Waals surface area contributed by atoms with Crippen molar-refractivity contribution in [3.63, 3.8) is 0 Å². The zero-order valence-electron chi connectivity index (χ0n) is 12.2. The SMILES string of the molecule is C[Si](C)(C)C(=CC1CCCCC1)[Si](C)(C)C. The monoisotopic (exact) mass is 254 g/mol. The van der Waals surface area contributed by atoms with Gasteiger partial charge in [-0.05, 0) is 18.8 Å². The molecule has 0 atom stereocenters. The molecule has 16 heavy (non-hydrogen) atoms. The summed E-state index contributed by atoms with van der Waals surface area (Å²) in [5, 5.41) is 0. The van der Waals surface area contributed by atoms with Crippen molar-refractivity contribution in [1.82, 2.24) is 0 Å². The highest BCUT2D eigenvalue weighted by Crippen LogP contribution is 2.31. The van der Waals surface area contributed by atoms with Gasteiger partial charge in [-0.15, -0.1) is 0 Å². The summed E-state index contributed by atoms with van der Waals surface area (Å²) in [6.07, 6.45) is 10.0. The third-order valence-corrected chi connectivity index (χ3v) is 11.7. The fourth-order valence-electron chi connectivity index (χ4n) is 3.16. The third-order valence-electron chi connectivity index (χ3n) is 3.67. The van der Waals surface area contributed by atoms with Gasteiger partial charge in [0.1, 0.15) is 0 Å². The lowest BCUT2D eigenvalue weighted by Gasteiger charge is -2.33. The fraction of sp³-hybridized carbons (Fsp3) is 0.857. The van der Waals surface area contributed by atoms with E-state index in [1.807, 2.05) is 4.82 Å². The average Bonchev–Trinajstić information content (AvgIpc) is 2.12. The summed E-state index contributed by atoms with van der Waals surface area (Å²) in [6.45, 7) is 15.2. The standard InChI is InChI=1S/C14H30Si2/c1-15(2,3)14(16(4,5)6)12-13-10-8-7-9-11-13/h12-13H,7-11H2,1-6H3. The Morgan fingerprint density at radius 2 is 1.25 bits per heavy atom. The summed E-state index contributed by atoms with van der Waals surface area (Å²) in [6, 6.07) is 0. The van der Waals surface area contributed by atoms with E-state index in [0.29, 0.717) is 0 Å². The van der Waals surface area contributed by atoms with Crippen LogP contribution in [0.15, 0.2) is 10.9 Å². The van der Waals surface area contributed by atoms with Gasteiger partial charge in [0.15, 0.2) is 0 Å². The van der Waals surface area contributed by atoms with Gasteiger partial charge in [0.25, 0.3) is 0 Å². The fourth-order valence-corrected chi connectivity index (χ4v) is 13.6. The van der Waals surface area contributed by atoms with Crippen LogP contribution in [0.5, 0.6) is 0 Å². The van der Waals surface area contributed by atoms with E-state index in [1.165, 1.54) is 32.1 Å². The Balaban J connectivity index is 2.87. The molecule has 1 fully saturated rings. The summed E-state index contributed by atoms with van der Waals surface area (Å²) in [5.74, 6) is 0.919. The molecule has 0 radical (unpaired) electrons. The normalized spacial score (nSPS) is 19.6. The number of hydrogen-bond donors (Lipinski definition) is 0. The quantitative estimate of drug-likeness (QED) is 0.604. The van der Waals surface area contributed by atoms with Crippen LogP contribution in [-0.2, 0) is 0 Å². The van der Waals surface area contributed by atoms with Gasteiger partial charge in [0, 0.05) is 0 Å². The largest absolute Gasteiger partial charge is 0.0947 e. The van der Waals surface area contributed by atoms with E-state index < -0.39 is 16.1 Å². The summed E-state index contributed by atoms with van der Waals surface area (Å²) in [5.41, 5.74) is 0. The Kier molecular flexibility index (Phi) is 4.64. The molecule has 0 aromatic heterocycles. The Hall–Kier alpha value is 0.174. The van der Waals surface area contributed by atoms with Gasteiger partial charge in [-0.2, -0.15) is 0 Å². The van der Waals surface area contributed by atoms with Gasteiger partial charge in [-0.1, -0.05) is 69.4 Å². The van der Waals surface area contributed by atoms with E-state index in [4.69, 9.17) is 0 Å². The summed E-state index contributed by atoms with van der Waals surface area (Å²) < 4.78 is 0. The molecule has 94 valence electrons. The zero-order valence-corrected chi connectivity index (χ0v) is 14.2. The second-order valence-corrected chi connectivity index (χ2v) is 18.1. The lowest BCUT2D eigenvalue weighted by atomic mass is 9.89. The molecule has 1 saturated carbocycles. The van der Waals surface area contributed by atoms with E-state index in [2.05, 4.69) is 45.4 Å². The third kappa shape index (κ3) is 4.21. The van der Waals surface area contributed by atoms with Crippen molar-refractivity contribution >= 4 is 16.1 Å². The number of hydrogen-bond acceptors (Lipinski definition) is 0. The van der Waals surface area contributed by atoms with Crippen molar-refractivity contribution in [2.45, 2.75) is 71.4 Å². The van der Waals surface area contributed by atoms with Crippen LogP contribution in [0.2, 0.25) is 39.3 Å². The van der Waals surface area contributed by atoms with Crippen LogP contribution in [-0.4, -0.2) is 16.1 Å². The highest BCUT2D eigenvalue weighted by molar-refractivity contribution is 7.04. The van der Waals surface area contributed by atoms with Crippen molar-refractivity contribution in [3.05, 3.63) is 10.9 Å². The topological polar surface area (TPSA) is 0 Å². The van der Waals surface area contributed by atoms with Crippen molar-refractivity contribution in [2.75, 3.05) is 0 Å². The molecule has 0 bridgehead atoms. The Morgan fingerprint density at radius 3 is 1.62 bits per heavy atom. The highest BCUT2D eigenvalue weighted by atomic mass is 28.4. The van der Waals surface area contributed by atoms with E-state index in [9.17, 15) is 0 Å². The number of rotatable bonds is 3. The van der Waals surface area contributed by atoms with Crippen LogP contribution in [0.3, 0.4) is 0 Å². The van der Waals surface area contributed by atoms with Gasteiger partial charge in [0.05, 0.1) is 16.1 Å². The molecule has 1 rings (SSSR count). The second-order valence-electron chi connectivity index (χ2n) is 7.48. The maximum atomic E-state index is 2.73. The predicted octanol–water partition coefficient (Wildman–Crippen LogP) is 5.25. The van der Waals surface area contributed by atoms with Crippen LogP contribution in [0.1, 0.15) is 32.1 Å². The minimum atomic E-state index is -1.08. The molecule has 0 aliphatic heterocycles. The Labute approximate surface area is 105 Å². The molecule has 0 saturated heterocycles. The summed E-state index contributed by atoms with van der Waals surface area (Å²) in [4.78, 5) is 1.92. The van der Waals surface area contributed by atoms with Gasteiger partial charge >= 0.3 is 0 Å². The molecule has 0 heterocycles. The molecule has 1 aliphatic rings. The first-order valence-electron chi connectivity index (χ1n) is 6.94. The second kappa shape index (κ2) is 5.22. The van der Waals surface area contributed by atoms with Crippen LogP contribution < -0.4 is 0 Å². The first-order chi connectivity index (χ1) is 7.21. The van der Waals surface area contributed by atoms with Crippen molar-refractivity contribution in [2.24, 2.45) is 5.92 Å². The van der Waals surface area contributed by atoms with Crippen molar-refractivity contribution in [3.8, 4) is 0 Å². The molecular formula is C14H30Si2. The van der Waals surface area contributed by atoms with Crippen molar-refractivity contribution in [1.29, 1.82) is 0 Å². The number of allylic oxidation sites excluding steroid dienone is 1. The molecule has 0 spiro atoms. The lowest BCUT2D eigenvalue weighted by molar-refractivity contribution is 0.419. The molecule has 0 aromatic rings. The van der Waals surface area contributed by atoms with E-state index in [-0.39, 0.29) is 0 Å². The highest BCUT2D eigenvalue weighted by Gasteiger charge is 2.31. The molecule has 0 unspecified atom stereocenters. The van der Waals surface area contributed by atoms with Crippen LogP contribution >= 0.6 is 0 Å². The van der Waals surface area contributed by atoms with E-state index >= 15 is 0 Å². The van der Waals surface area contributed by atoms with Gasteiger partial charge in [0.2, 0.25) is 0 Å². The molecule has 0 N–H and O–H groups in total. The average molecular weight is 255 g/mol. The van der Waals surface area contributed by atoms with Gasteiger partial charge < -0.3 is 0 Å². The summed E-state index contributed by atoms with van der Waals surface area (Å²) in [7, 11) is -2.17. The molecule has 0 nitrogen and oxygen atoms in total. The molecule has 2 heteroatoms. The van der Waals surface area contributed by atoms with Gasteiger partial charge in [-0.3, -0.25) is 0 Å². The minimum absolute atomic E-state index is 0.919. The smallest absolute Gasteiger partial charge is 0.0678 e. The van der Waals surface area contributed by atoms with Crippen LogP contribution in [0, 0.1) is 5.92 Å². The first-order valence-corrected chi connectivity index (χ1v) is 13.9. The summed E-state index contributed by atoms with van der Waals surface area (Å²) >= 11 is 0. The Morgan fingerprint density at radius 1 is 0.812 bits per heavy atom. The maximum Gasteiger partial charge on any atom is 0.0678 e. The van der Waals surface area contributed by atoms with E-state index in [1.54, 1.807) is 0 Å². The molecule has 0 amide bonds. The van der Waals surface area contributed by atoms with Crippen molar-refractivity contribution < 1.29 is 0 Å². The zero-order chi connectivity index (χ0) is 12.4. The molecule has 1 aliphatic carbocycles. The first kappa shape index (κ1) is 14.2. The maximum absolute atomic E-state index is 2.73. The van der Waals surface area contributed by atoms with Crippen LogP contribution in [0.25, 0.3) is 0 Å². The molecule has 0 aromatic carbocycles. The van der Waals surface area contributed by atoms with Gasteiger partial charge in [-0.25, -0.2) is 0 Å². The molecular weight excluding hydrogens is 224 g/mol. The predicted molar refractivity (Wildman–Crippen MR) is 81.4 cm³/mol. The minimum Gasteiger partial charge on any atom is -0.0947 e. The Bertz CT molecular complexity index is 231. The lowest BCUT2D eigenvalue weighted by Crippen LogP contribution is -2.40. The van der Waals surface area contributed by atoms with Crippen LogP contribution in [0.4, 0.5) is 0 Å². The van der Waals surface area contributed by atoms with E-state index in [0.717, 1.165) is 5.92 Å².